The molecule has 0 saturated heterocycles. The van der Waals surface area contributed by atoms with Crippen molar-refractivity contribution < 1.29 is 9.50 Å². The Hall–Kier alpha value is -1.39. The molecular weight excluding hydrogens is 231 g/mol. The summed E-state index contributed by atoms with van der Waals surface area (Å²) in [5.41, 5.74) is 0.515. The first-order valence-electron chi connectivity index (χ1n) is 4.70. The lowest BCUT2D eigenvalue weighted by molar-refractivity contribution is 0.206. The van der Waals surface area contributed by atoms with Crippen molar-refractivity contribution >= 4 is 11.6 Å². The van der Waals surface area contributed by atoms with Crippen LogP contribution >= 0.6 is 11.6 Å². The van der Waals surface area contributed by atoms with Gasteiger partial charge in [-0.05, 0) is 17.7 Å². The molecule has 0 fully saturated rings. The minimum Gasteiger partial charge on any atom is -0.380 e. The third-order valence-corrected chi connectivity index (χ3v) is 2.65. The first-order valence-corrected chi connectivity index (χ1v) is 5.07. The molecule has 1 heterocycles. The Kier molecular flexibility index (Phi) is 2.94. The number of hydrogen-bond donors (Lipinski definition) is 1. The summed E-state index contributed by atoms with van der Waals surface area (Å²) in [5.74, 6) is -0.0138. The van der Waals surface area contributed by atoms with E-state index in [0.717, 1.165) is 0 Å². The molecule has 1 aromatic heterocycles. The number of hydrogen-bond acceptors (Lipinski definition) is 2. The Morgan fingerprint density at radius 3 is 2.81 bits per heavy atom. The fraction of sp³-hybridized carbons (Fsp3) is 0.182. The van der Waals surface area contributed by atoms with E-state index in [9.17, 15) is 9.50 Å². The van der Waals surface area contributed by atoms with Crippen LogP contribution in [0.1, 0.15) is 17.5 Å². The Balaban J connectivity index is 2.38. The third kappa shape index (κ3) is 1.94. The molecule has 5 heteroatoms. The van der Waals surface area contributed by atoms with Gasteiger partial charge >= 0.3 is 0 Å². The summed E-state index contributed by atoms with van der Waals surface area (Å²) < 4.78 is 14.6. The van der Waals surface area contributed by atoms with Gasteiger partial charge in [-0.1, -0.05) is 17.7 Å². The van der Waals surface area contributed by atoms with Crippen molar-refractivity contribution in [3.63, 3.8) is 0 Å². The van der Waals surface area contributed by atoms with E-state index < -0.39 is 11.9 Å². The van der Waals surface area contributed by atoms with Crippen LogP contribution < -0.4 is 0 Å². The van der Waals surface area contributed by atoms with Crippen molar-refractivity contribution in [1.82, 2.24) is 9.55 Å². The van der Waals surface area contributed by atoms with E-state index in [4.69, 9.17) is 11.6 Å². The summed E-state index contributed by atoms with van der Waals surface area (Å²) >= 11 is 5.65. The van der Waals surface area contributed by atoms with Gasteiger partial charge < -0.3 is 9.67 Å². The Bertz CT molecular complexity index is 512. The Morgan fingerprint density at radius 2 is 2.25 bits per heavy atom. The molecule has 2 aromatic rings. The molecular formula is C11H10ClFN2O. The van der Waals surface area contributed by atoms with Crippen LogP contribution in [-0.4, -0.2) is 14.7 Å². The van der Waals surface area contributed by atoms with E-state index in [2.05, 4.69) is 4.98 Å². The van der Waals surface area contributed by atoms with E-state index in [1.165, 1.54) is 18.2 Å². The first-order chi connectivity index (χ1) is 7.59. The van der Waals surface area contributed by atoms with E-state index >= 15 is 0 Å². The Morgan fingerprint density at radius 1 is 1.50 bits per heavy atom. The first kappa shape index (κ1) is 11.1. The minimum atomic E-state index is -0.905. The van der Waals surface area contributed by atoms with E-state index in [-0.39, 0.29) is 5.02 Å². The van der Waals surface area contributed by atoms with Gasteiger partial charge in [0.2, 0.25) is 0 Å². The van der Waals surface area contributed by atoms with Crippen LogP contribution in [-0.2, 0) is 7.05 Å². The second-order valence-electron chi connectivity index (χ2n) is 3.47. The fourth-order valence-corrected chi connectivity index (χ4v) is 1.66. The zero-order valence-corrected chi connectivity index (χ0v) is 9.32. The van der Waals surface area contributed by atoms with Crippen molar-refractivity contribution in [2.24, 2.45) is 7.05 Å². The second kappa shape index (κ2) is 4.23. The minimum absolute atomic E-state index is 0.00856. The van der Waals surface area contributed by atoms with Gasteiger partial charge in [-0.3, -0.25) is 0 Å². The van der Waals surface area contributed by atoms with E-state index in [1.807, 2.05) is 0 Å². The SMILES string of the molecule is Cn1ccnc1C(O)c1ccc(F)c(Cl)c1. The molecule has 0 radical (unpaired) electrons. The number of halogens is 2. The number of rotatable bonds is 2. The standard InChI is InChI=1S/C11H10ClFN2O/c1-15-5-4-14-11(15)10(16)7-2-3-9(13)8(12)6-7/h2-6,10,16H,1H3. The number of aryl methyl sites for hydroxylation is 1. The highest BCUT2D eigenvalue weighted by atomic mass is 35.5. The maximum Gasteiger partial charge on any atom is 0.142 e. The number of nitrogens with zero attached hydrogens (tertiary/aromatic N) is 2. The molecule has 1 N–H and O–H groups in total. The van der Waals surface area contributed by atoms with Crippen LogP contribution in [0.2, 0.25) is 5.02 Å². The topological polar surface area (TPSA) is 38.0 Å². The molecule has 0 spiro atoms. The fourth-order valence-electron chi connectivity index (χ4n) is 1.47. The summed E-state index contributed by atoms with van der Waals surface area (Å²) in [7, 11) is 1.77. The third-order valence-electron chi connectivity index (χ3n) is 2.36. The van der Waals surface area contributed by atoms with Crippen molar-refractivity contribution in [2.45, 2.75) is 6.10 Å². The predicted molar refractivity (Wildman–Crippen MR) is 58.7 cm³/mol. The highest BCUT2D eigenvalue weighted by Crippen LogP contribution is 2.24. The molecule has 1 atom stereocenters. The Labute approximate surface area is 97.1 Å². The summed E-state index contributed by atoms with van der Waals surface area (Å²) in [6, 6.07) is 4.11. The molecule has 3 nitrogen and oxygen atoms in total. The molecule has 0 aliphatic rings. The number of aliphatic hydroxyl groups excluding tert-OH is 1. The van der Waals surface area contributed by atoms with E-state index in [1.54, 1.807) is 24.0 Å². The molecule has 16 heavy (non-hydrogen) atoms. The van der Waals surface area contributed by atoms with Crippen LogP contribution in [0.15, 0.2) is 30.6 Å². The molecule has 84 valence electrons. The monoisotopic (exact) mass is 240 g/mol. The van der Waals surface area contributed by atoms with Crippen LogP contribution in [0.3, 0.4) is 0 Å². The maximum atomic E-state index is 12.9. The molecule has 0 amide bonds. The molecule has 2 rings (SSSR count). The lowest BCUT2D eigenvalue weighted by Crippen LogP contribution is -2.07. The van der Waals surface area contributed by atoms with Crippen molar-refractivity contribution in [2.75, 3.05) is 0 Å². The number of aromatic nitrogens is 2. The molecule has 1 unspecified atom stereocenters. The van der Waals surface area contributed by atoms with Gasteiger partial charge in [-0.2, -0.15) is 0 Å². The number of imidazole rings is 1. The second-order valence-corrected chi connectivity index (χ2v) is 3.88. The average Bonchev–Trinajstić information content (AvgIpc) is 2.67. The highest BCUT2D eigenvalue weighted by Gasteiger charge is 2.15. The molecule has 0 bridgehead atoms. The normalized spacial score (nSPS) is 12.8. The van der Waals surface area contributed by atoms with Gasteiger partial charge in [-0.25, -0.2) is 9.37 Å². The van der Waals surface area contributed by atoms with Gasteiger partial charge in [0, 0.05) is 19.4 Å². The summed E-state index contributed by atoms with van der Waals surface area (Å²) in [6.07, 6.45) is 2.41. The zero-order chi connectivity index (χ0) is 11.7. The van der Waals surface area contributed by atoms with Gasteiger partial charge in [0.05, 0.1) is 5.02 Å². The number of aliphatic hydroxyl groups is 1. The van der Waals surface area contributed by atoms with Crippen LogP contribution in [0, 0.1) is 5.82 Å². The van der Waals surface area contributed by atoms with Crippen LogP contribution in [0.5, 0.6) is 0 Å². The van der Waals surface area contributed by atoms with Gasteiger partial charge in [0.1, 0.15) is 17.7 Å². The van der Waals surface area contributed by atoms with Crippen molar-refractivity contribution in [1.29, 1.82) is 0 Å². The van der Waals surface area contributed by atoms with Crippen LogP contribution in [0.4, 0.5) is 4.39 Å². The largest absolute Gasteiger partial charge is 0.380 e. The number of benzene rings is 1. The quantitative estimate of drug-likeness (QED) is 0.875. The summed E-state index contributed by atoms with van der Waals surface area (Å²) in [6.45, 7) is 0. The predicted octanol–water partition coefficient (Wildman–Crippen LogP) is 2.29. The van der Waals surface area contributed by atoms with Crippen molar-refractivity contribution in [3.05, 3.63) is 52.8 Å². The molecule has 0 aliphatic heterocycles. The van der Waals surface area contributed by atoms with E-state index in [0.29, 0.717) is 11.4 Å². The molecule has 0 saturated carbocycles. The average molecular weight is 241 g/mol. The zero-order valence-electron chi connectivity index (χ0n) is 8.56. The van der Waals surface area contributed by atoms with Gasteiger partial charge in [0.25, 0.3) is 0 Å². The van der Waals surface area contributed by atoms with Gasteiger partial charge in [-0.15, -0.1) is 0 Å². The molecule has 1 aromatic carbocycles. The van der Waals surface area contributed by atoms with Crippen molar-refractivity contribution in [3.8, 4) is 0 Å². The highest BCUT2D eigenvalue weighted by molar-refractivity contribution is 6.30. The lowest BCUT2D eigenvalue weighted by atomic mass is 10.1. The lowest BCUT2D eigenvalue weighted by Gasteiger charge is -2.11. The summed E-state index contributed by atoms with van der Waals surface area (Å²) in [4.78, 5) is 4.02. The maximum absolute atomic E-state index is 12.9. The summed E-state index contributed by atoms with van der Waals surface area (Å²) in [5, 5.41) is 10.0. The van der Waals surface area contributed by atoms with Crippen LogP contribution in [0.25, 0.3) is 0 Å². The molecule has 0 aliphatic carbocycles. The van der Waals surface area contributed by atoms with Gasteiger partial charge in [0.15, 0.2) is 0 Å². The smallest absolute Gasteiger partial charge is 0.142 e.